The van der Waals surface area contributed by atoms with Crippen LogP contribution in [-0.2, 0) is 27.3 Å². The number of ether oxygens (including phenoxy) is 1. The van der Waals surface area contributed by atoms with Crippen molar-refractivity contribution in [3.63, 3.8) is 0 Å². The summed E-state index contributed by atoms with van der Waals surface area (Å²) in [5, 5.41) is 8.52. The van der Waals surface area contributed by atoms with Gasteiger partial charge in [-0.3, -0.25) is 19.2 Å². The Morgan fingerprint density at radius 3 is 2.43 bits per heavy atom. The van der Waals surface area contributed by atoms with Crippen LogP contribution in [0.4, 0.5) is 4.39 Å². The largest absolute Gasteiger partial charge is 0.491 e. The van der Waals surface area contributed by atoms with E-state index in [9.17, 15) is 23.6 Å². The first kappa shape index (κ1) is 32.2. The molecule has 232 valence electrons. The van der Waals surface area contributed by atoms with Gasteiger partial charge in [-0.05, 0) is 48.1 Å². The van der Waals surface area contributed by atoms with Crippen LogP contribution < -0.4 is 20.7 Å². The van der Waals surface area contributed by atoms with E-state index < -0.39 is 17.9 Å². The molecule has 1 aliphatic heterocycles. The van der Waals surface area contributed by atoms with E-state index in [1.807, 2.05) is 44.2 Å². The fourth-order valence-electron chi connectivity index (χ4n) is 4.90. The SMILES string of the molecule is CC(C)[C@@H]1COc2ccccc2C(=O)N[C@H](C(=O)NCCc2ccccc2F)CCC(=O)N(Cc2ccccc2)CC(=O)N1. The molecule has 0 aliphatic carbocycles. The standard InChI is InChI=1S/C34H39FN4O5/c1-23(2)29-22-44-30-15-9-7-13-26(30)33(42)38-28(34(43)36-19-18-25-12-6-8-14-27(25)35)16-17-32(41)39(21-31(40)37-29)20-24-10-4-3-5-11-24/h3-15,23,28-29H,16-22H2,1-2H3,(H,36,43)(H,37,40)(H,38,42)/t28-,29-/m0/s1. The number of carbonyl (C=O) groups is 4. The van der Waals surface area contributed by atoms with Crippen LogP contribution in [0.3, 0.4) is 0 Å². The number of hydrogen-bond acceptors (Lipinski definition) is 5. The second kappa shape index (κ2) is 15.7. The van der Waals surface area contributed by atoms with Crippen LogP contribution >= 0.6 is 0 Å². The first-order chi connectivity index (χ1) is 21.2. The summed E-state index contributed by atoms with van der Waals surface area (Å²) in [6.07, 6.45) is 0.143. The summed E-state index contributed by atoms with van der Waals surface area (Å²) in [5.41, 5.74) is 1.52. The average Bonchev–Trinajstić information content (AvgIpc) is 3.01. The van der Waals surface area contributed by atoms with Crippen LogP contribution in [0.5, 0.6) is 5.75 Å². The predicted molar refractivity (Wildman–Crippen MR) is 164 cm³/mol. The van der Waals surface area contributed by atoms with Crippen LogP contribution in [0, 0.1) is 11.7 Å². The number of fused-ring (bicyclic) bond motifs is 1. The molecule has 1 heterocycles. The molecule has 2 atom stereocenters. The van der Waals surface area contributed by atoms with Gasteiger partial charge in [-0.25, -0.2) is 4.39 Å². The molecule has 0 bridgehead atoms. The third-order valence-corrected chi connectivity index (χ3v) is 7.52. The summed E-state index contributed by atoms with van der Waals surface area (Å²) < 4.78 is 20.1. The lowest BCUT2D eigenvalue weighted by Crippen LogP contribution is -2.48. The van der Waals surface area contributed by atoms with Crippen molar-refractivity contribution in [2.45, 2.75) is 51.7 Å². The summed E-state index contributed by atoms with van der Waals surface area (Å²) in [6, 6.07) is 20.8. The maximum absolute atomic E-state index is 14.1. The maximum Gasteiger partial charge on any atom is 0.255 e. The molecular formula is C34H39FN4O5. The number of hydrogen-bond donors (Lipinski definition) is 3. The minimum atomic E-state index is -1.07. The van der Waals surface area contributed by atoms with Gasteiger partial charge in [0.2, 0.25) is 17.7 Å². The lowest BCUT2D eigenvalue weighted by Gasteiger charge is -2.26. The smallest absolute Gasteiger partial charge is 0.255 e. The van der Waals surface area contributed by atoms with Gasteiger partial charge in [-0.2, -0.15) is 0 Å². The van der Waals surface area contributed by atoms with E-state index in [1.165, 1.54) is 11.0 Å². The summed E-state index contributed by atoms with van der Waals surface area (Å²) in [6.45, 7) is 4.15. The molecular weight excluding hydrogens is 563 g/mol. The number of carbonyl (C=O) groups excluding carboxylic acids is 4. The Kier molecular flexibility index (Phi) is 11.5. The summed E-state index contributed by atoms with van der Waals surface area (Å²) in [4.78, 5) is 55.0. The Hall–Kier alpha value is -4.73. The normalized spacial score (nSPS) is 18.3. The van der Waals surface area contributed by atoms with E-state index in [4.69, 9.17) is 4.74 Å². The number of amides is 4. The van der Waals surface area contributed by atoms with Crippen molar-refractivity contribution >= 4 is 23.6 Å². The van der Waals surface area contributed by atoms with E-state index >= 15 is 0 Å². The molecule has 4 rings (SSSR count). The highest BCUT2D eigenvalue weighted by Gasteiger charge is 2.28. The molecule has 9 nitrogen and oxygen atoms in total. The van der Waals surface area contributed by atoms with E-state index in [1.54, 1.807) is 42.5 Å². The number of halogens is 1. The minimum absolute atomic E-state index is 0.00587. The molecule has 10 heteroatoms. The topological polar surface area (TPSA) is 117 Å². The fraction of sp³-hybridized carbons (Fsp3) is 0.353. The highest BCUT2D eigenvalue weighted by atomic mass is 19.1. The maximum atomic E-state index is 14.1. The molecule has 3 N–H and O–H groups in total. The van der Waals surface area contributed by atoms with Crippen molar-refractivity contribution < 1.29 is 28.3 Å². The lowest BCUT2D eigenvalue weighted by molar-refractivity contribution is -0.137. The quantitative estimate of drug-likeness (QED) is 0.382. The zero-order chi connectivity index (χ0) is 31.5. The van der Waals surface area contributed by atoms with Crippen molar-refractivity contribution in [3.05, 3.63) is 101 Å². The van der Waals surface area contributed by atoms with E-state index in [0.29, 0.717) is 11.3 Å². The van der Waals surface area contributed by atoms with Gasteiger partial charge in [0.1, 0.15) is 24.2 Å². The average molecular weight is 603 g/mol. The molecule has 44 heavy (non-hydrogen) atoms. The van der Waals surface area contributed by atoms with Crippen LogP contribution in [0.2, 0.25) is 0 Å². The molecule has 4 amide bonds. The van der Waals surface area contributed by atoms with Crippen LogP contribution in [0.15, 0.2) is 78.9 Å². The van der Waals surface area contributed by atoms with Crippen LogP contribution in [0.25, 0.3) is 0 Å². The molecule has 3 aromatic rings. The third-order valence-electron chi connectivity index (χ3n) is 7.52. The van der Waals surface area contributed by atoms with E-state index in [0.717, 1.165) is 5.56 Å². The fourth-order valence-corrected chi connectivity index (χ4v) is 4.90. The zero-order valence-corrected chi connectivity index (χ0v) is 25.1. The summed E-state index contributed by atoms with van der Waals surface area (Å²) in [5.74, 6) is -1.77. The van der Waals surface area contributed by atoms with Crippen molar-refractivity contribution in [2.75, 3.05) is 19.7 Å². The Morgan fingerprint density at radius 2 is 1.68 bits per heavy atom. The Morgan fingerprint density at radius 1 is 0.977 bits per heavy atom. The molecule has 0 saturated heterocycles. The highest BCUT2D eigenvalue weighted by Crippen LogP contribution is 2.20. The molecule has 0 spiro atoms. The van der Waals surface area contributed by atoms with Gasteiger partial charge in [0.15, 0.2) is 0 Å². The lowest BCUT2D eigenvalue weighted by atomic mass is 10.1. The number of rotatable bonds is 7. The van der Waals surface area contributed by atoms with Gasteiger partial charge in [0, 0.05) is 19.5 Å². The molecule has 0 aromatic heterocycles. The Balaban J connectivity index is 1.58. The van der Waals surface area contributed by atoms with Gasteiger partial charge < -0.3 is 25.6 Å². The minimum Gasteiger partial charge on any atom is -0.491 e. The predicted octanol–water partition coefficient (Wildman–Crippen LogP) is 3.63. The Bertz CT molecular complexity index is 1450. The van der Waals surface area contributed by atoms with Crippen LogP contribution in [0.1, 0.15) is 48.2 Å². The first-order valence-corrected chi connectivity index (χ1v) is 14.9. The van der Waals surface area contributed by atoms with E-state index in [2.05, 4.69) is 16.0 Å². The van der Waals surface area contributed by atoms with Gasteiger partial charge >= 0.3 is 0 Å². The van der Waals surface area contributed by atoms with Crippen molar-refractivity contribution in [1.29, 1.82) is 0 Å². The second-order valence-corrected chi connectivity index (χ2v) is 11.2. The molecule has 0 saturated carbocycles. The summed E-state index contributed by atoms with van der Waals surface area (Å²) in [7, 11) is 0. The number of nitrogens with one attached hydrogen (secondary N) is 3. The number of benzene rings is 3. The molecule has 0 fully saturated rings. The summed E-state index contributed by atoms with van der Waals surface area (Å²) >= 11 is 0. The molecule has 0 radical (unpaired) electrons. The van der Waals surface area contributed by atoms with Gasteiger partial charge in [0.25, 0.3) is 5.91 Å². The molecule has 3 aromatic carbocycles. The number of para-hydroxylation sites is 1. The van der Waals surface area contributed by atoms with Gasteiger partial charge in [0.05, 0.1) is 18.2 Å². The van der Waals surface area contributed by atoms with Crippen molar-refractivity contribution in [1.82, 2.24) is 20.9 Å². The first-order valence-electron chi connectivity index (χ1n) is 14.9. The van der Waals surface area contributed by atoms with Crippen molar-refractivity contribution in [3.8, 4) is 5.75 Å². The third kappa shape index (κ3) is 9.13. The van der Waals surface area contributed by atoms with Gasteiger partial charge in [-0.1, -0.05) is 74.5 Å². The molecule has 0 unspecified atom stereocenters. The van der Waals surface area contributed by atoms with Crippen molar-refractivity contribution in [2.24, 2.45) is 5.92 Å². The Labute approximate surface area is 257 Å². The molecule has 1 aliphatic rings. The monoisotopic (exact) mass is 602 g/mol. The number of nitrogens with zero attached hydrogens (tertiary/aromatic N) is 1. The van der Waals surface area contributed by atoms with E-state index in [-0.39, 0.29) is 80.7 Å². The van der Waals surface area contributed by atoms with Gasteiger partial charge in [-0.15, -0.1) is 0 Å². The second-order valence-electron chi connectivity index (χ2n) is 11.2. The zero-order valence-electron chi connectivity index (χ0n) is 25.1. The highest BCUT2D eigenvalue weighted by molar-refractivity contribution is 5.99. The van der Waals surface area contributed by atoms with Crippen LogP contribution in [-0.4, -0.2) is 60.3 Å².